The summed E-state index contributed by atoms with van der Waals surface area (Å²) in [5.41, 5.74) is 6.91. The van der Waals surface area contributed by atoms with Gasteiger partial charge >= 0.3 is 7.12 Å². The summed E-state index contributed by atoms with van der Waals surface area (Å²) in [6.07, 6.45) is 4.91. The number of hydrogen-bond donors (Lipinski definition) is 2. The average molecular weight is 467 g/mol. The summed E-state index contributed by atoms with van der Waals surface area (Å²) in [7, 11) is -0.303. The number of nitrogens with two attached hydrogens (primary N) is 1. The molecule has 0 aromatic heterocycles. The highest BCUT2D eigenvalue weighted by atomic mass is 16.7. The Balaban J connectivity index is 1.39. The molecule has 3 saturated carbocycles. The summed E-state index contributed by atoms with van der Waals surface area (Å²) >= 11 is 0. The van der Waals surface area contributed by atoms with Crippen LogP contribution in [0.2, 0.25) is 5.82 Å². The SMILES string of the molecule is CC(N)=NCCC[C@H](C)C(=O)NC[C@@H](Cc1ccccc1)B1OC2CC3CC(C3(C)C)[C@@]2(C)O1. The molecular weight excluding hydrogens is 425 g/mol. The minimum absolute atomic E-state index is 0.0609. The van der Waals surface area contributed by atoms with E-state index in [1.165, 1.54) is 12.0 Å². The lowest BCUT2D eigenvalue weighted by Crippen LogP contribution is -2.65. The molecule has 1 amide bonds. The molecule has 1 aromatic carbocycles. The molecule has 5 rings (SSSR count). The van der Waals surface area contributed by atoms with E-state index in [-0.39, 0.29) is 36.5 Å². The zero-order valence-corrected chi connectivity index (χ0v) is 21.5. The summed E-state index contributed by atoms with van der Waals surface area (Å²) in [4.78, 5) is 17.1. The van der Waals surface area contributed by atoms with Crippen LogP contribution >= 0.6 is 0 Å². The summed E-state index contributed by atoms with van der Waals surface area (Å²) in [6.45, 7) is 12.0. The number of carbonyl (C=O) groups excluding carboxylic acids is 1. The lowest BCUT2D eigenvalue weighted by molar-refractivity contribution is -0.199. The van der Waals surface area contributed by atoms with Crippen LogP contribution in [0, 0.1) is 23.2 Å². The summed E-state index contributed by atoms with van der Waals surface area (Å²) in [5.74, 6) is 1.91. The van der Waals surface area contributed by atoms with Gasteiger partial charge in [0.05, 0.1) is 17.5 Å². The van der Waals surface area contributed by atoms with Crippen molar-refractivity contribution in [2.45, 2.75) is 84.2 Å². The molecule has 0 radical (unpaired) electrons. The first kappa shape index (κ1) is 25.2. The normalized spacial score (nSPS) is 31.4. The zero-order chi connectivity index (χ0) is 24.5. The second kappa shape index (κ2) is 10.0. The van der Waals surface area contributed by atoms with Crippen molar-refractivity contribution in [3.63, 3.8) is 0 Å². The first-order valence-electron chi connectivity index (χ1n) is 13.0. The van der Waals surface area contributed by atoms with Crippen LogP contribution < -0.4 is 11.1 Å². The number of benzene rings is 1. The first-order valence-corrected chi connectivity index (χ1v) is 13.0. The molecule has 3 N–H and O–H groups in total. The Hall–Kier alpha value is -1.86. The van der Waals surface area contributed by atoms with Crippen LogP contribution in [0.15, 0.2) is 35.3 Å². The third kappa shape index (κ3) is 5.06. The van der Waals surface area contributed by atoms with Crippen molar-refractivity contribution >= 4 is 18.9 Å². The topological polar surface area (TPSA) is 85.9 Å². The molecule has 34 heavy (non-hydrogen) atoms. The maximum atomic E-state index is 12.8. The number of amidine groups is 1. The van der Waals surface area contributed by atoms with E-state index in [0.717, 1.165) is 31.6 Å². The van der Waals surface area contributed by atoms with Gasteiger partial charge in [0.1, 0.15) is 0 Å². The highest BCUT2D eigenvalue weighted by Crippen LogP contribution is 2.66. The number of carbonyl (C=O) groups is 1. The molecule has 1 aromatic rings. The molecule has 6 atom stereocenters. The van der Waals surface area contributed by atoms with Crippen molar-refractivity contribution < 1.29 is 14.1 Å². The number of nitrogens with zero attached hydrogens (tertiary/aromatic N) is 1. The van der Waals surface area contributed by atoms with Gasteiger partial charge in [-0.15, -0.1) is 0 Å². The van der Waals surface area contributed by atoms with Crippen molar-refractivity contribution in [2.75, 3.05) is 13.1 Å². The molecule has 1 saturated heterocycles. The van der Waals surface area contributed by atoms with Crippen LogP contribution in [0.3, 0.4) is 0 Å². The molecular formula is C27H42BN3O3. The van der Waals surface area contributed by atoms with E-state index in [9.17, 15) is 4.79 Å². The fraction of sp³-hybridized carbons (Fsp3) is 0.704. The van der Waals surface area contributed by atoms with Gasteiger partial charge in [-0.2, -0.15) is 0 Å². The highest BCUT2D eigenvalue weighted by Gasteiger charge is 2.68. The third-order valence-corrected chi connectivity index (χ3v) is 8.84. The van der Waals surface area contributed by atoms with E-state index in [1.807, 2.05) is 13.0 Å². The molecule has 0 spiro atoms. The fourth-order valence-corrected chi connectivity index (χ4v) is 6.47. The van der Waals surface area contributed by atoms with Crippen LogP contribution in [-0.4, -0.2) is 43.7 Å². The highest BCUT2D eigenvalue weighted by molar-refractivity contribution is 6.47. The Morgan fingerprint density at radius 1 is 1.26 bits per heavy atom. The van der Waals surface area contributed by atoms with Crippen LogP contribution in [-0.2, 0) is 20.5 Å². The Kier molecular flexibility index (Phi) is 7.44. The van der Waals surface area contributed by atoms with E-state index < -0.39 is 0 Å². The maximum Gasteiger partial charge on any atom is 0.463 e. The lowest BCUT2D eigenvalue weighted by Gasteiger charge is -2.64. The van der Waals surface area contributed by atoms with Gasteiger partial charge in [-0.1, -0.05) is 51.1 Å². The molecule has 6 nitrogen and oxygen atoms in total. The molecule has 7 heteroatoms. The summed E-state index contributed by atoms with van der Waals surface area (Å²) in [6, 6.07) is 10.4. The molecule has 2 bridgehead atoms. The van der Waals surface area contributed by atoms with Crippen LogP contribution in [0.1, 0.15) is 65.9 Å². The minimum atomic E-state index is -0.303. The Morgan fingerprint density at radius 2 is 2.00 bits per heavy atom. The molecule has 3 aliphatic carbocycles. The largest absolute Gasteiger partial charge is 0.463 e. The van der Waals surface area contributed by atoms with E-state index in [1.54, 1.807) is 6.92 Å². The average Bonchev–Trinajstić information content (AvgIpc) is 3.16. The van der Waals surface area contributed by atoms with Gasteiger partial charge in [-0.25, -0.2) is 0 Å². The third-order valence-electron chi connectivity index (χ3n) is 8.84. The minimum Gasteiger partial charge on any atom is -0.405 e. The molecule has 1 aliphatic heterocycles. The second-order valence-electron chi connectivity index (χ2n) is 11.6. The predicted octanol–water partition coefficient (Wildman–Crippen LogP) is 4.24. The van der Waals surface area contributed by atoms with Gasteiger partial charge in [0.15, 0.2) is 0 Å². The summed E-state index contributed by atoms with van der Waals surface area (Å²) in [5, 5.41) is 3.20. The van der Waals surface area contributed by atoms with Gasteiger partial charge in [0, 0.05) is 24.8 Å². The Bertz CT molecular complexity index is 888. The van der Waals surface area contributed by atoms with Gasteiger partial charge in [-0.05, 0) is 68.8 Å². The number of hydrogen-bond acceptors (Lipinski definition) is 4. The molecule has 4 fully saturated rings. The Labute approximate surface area is 205 Å². The Morgan fingerprint density at radius 3 is 2.68 bits per heavy atom. The van der Waals surface area contributed by atoms with Crippen LogP contribution in [0.4, 0.5) is 0 Å². The quantitative estimate of drug-likeness (QED) is 0.233. The molecule has 3 unspecified atom stereocenters. The van der Waals surface area contributed by atoms with Gasteiger partial charge < -0.3 is 20.4 Å². The van der Waals surface area contributed by atoms with Gasteiger partial charge in [0.25, 0.3) is 0 Å². The number of aliphatic imine (C=N–C) groups is 1. The van der Waals surface area contributed by atoms with Gasteiger partial charge in [-0.3, -0.25) is 9.79 Å². The second-order valence-corrected chi connectivity index (χ2v) is 11.6. The monoisotopic (exact) mass is 467 g/mol. The lowest BCUT2D eigenvalue weighted by atomic mass is 9.43. The fourth-order valence-electron chi connectivity index (χ4n) is 6.47. The van der Waals surface area contributed by atoms with Crippen molar-refractivity contribution in [1.82, 2.24) is 5.32 Å². The number of nitrogens with one attached hydrogen (secondary N) is 1. The van der Waals surface area contributed by atoms with Crippen LogP contribution in [0.25, 0.3) is 0 Å². The van der Waals surface area contributed by atoms with E-state index >= 15 is 0 Å². The maximum absolute atomic E-state index is 12.8. The zero-order valence-electron chi connectivity index (χ0n) is 21.5. The number of amides is 1. The molecule has 4 aliphatic rings. The van der Waals surface area contributed by atoms with Gasteiger partial charge in [0.2, 0.25) is 5.91 Å². The number of rotatable bonds is 10. The van der Waals surface area contributed by atoms with Crippen molar-refractivity contribution in [1.29, 1.82) is 0 Å². The molecule has 186 valence electrons. The van der Waals surface area contributed by atoms with E-state index in [4.69, 9.17) is 15.0 Å². The molecule has 1 heterocycles. The standard InChI is InChI=1S/C27H42BN3O3/c1-18(10-9-13-30-19(2)29)25(32)31-17-22(14-20-11-7-6-8-12-20)28-33-24-16-21-15-23(26(21,3)4)27(24,5)34-28/h6-8,11-12,18,21-24H,9-10,13-17H2,1-5H3,(H2,29,30)(H,31,32)/t18-,21?,22+,23?,24?,27+/m0/s1. The van der Waals surface area contributed by atoms with E-state index in [0.29, 0.717) is 30.3 Å². The van der Waals surface area contributed by atoms with Crippen molar-refractivity contribution in [2.24, 2.45) is 33.9 Å². The van der Waals surface area contributed by atoms with Crippen molar-refractivity contribution in [3.05, 3.63) is 35.9 Å². The van der Waals surface area contributed by atoms with Crippen molar-refractivity contribution in [3.8, 4) is 0 Å². The first-order chi connectivity index (χ1) is 16.1. The predicted molar refractivity (Wildman–Crippen MR) is 138 cm³/mol. The summed E-state index contributed by atoms with van der Waals surface area (Å²) < 4.78 is 13.4. The van der Waals surface area contributed by atoms with E-state index in [2.05, 4.69) is 55.3 Å². The van der Waals surface area contributed by atoms with Crippen LogP contribution in [0.5, 0.6) is 0 Å². The smallest absolute Gasteiger partial charge is 0.405 e.